The number of carbonyl (C=O) groups excluding carboxylic acids is 3. The maximum Gasteiger partial charge on any atom is 0.326 e. The lowest BCUT2D eigenvalue weighted by Gasteiger charge is -2.12. The lowest BCUT2D eigenvalue weighted by molar-refractivity contribution is -0.146. The Kier molecular flexibility index (Phi) is 6.01. The topological polar surface area (TPSA) is 88.3 Å². The highest BCUT2D eigenvalue weighted by Gasteiger charge is 2.22. The van der Waals surface area contributed by atoms with Crippen molar-refractivity contribution < 1.29 is 19.1 Å². The first-order valence-corrected chi connectivity index (χ1v) is 8.85. The molecular formula is C22H20N2O4. The predicted octanol–water partition coefficient (Wildman–Crippen LogP) is 3.11. The second-order valence-electron chi connectivity index (χ2n) is 6.21. The molecular weight excluding hydrogens is 356 g/mol. The van der Waals surface area contributed by atoms with Crippen molar-refractivity contribution in [1.29, 1.82) is 0 Å². The van der Waals surface area contributed by atoms with E-state index in [-0.39, 0.29) is 12.3 Å². The van der Waals surface area contributed by atoms with Crippen LogP contribution in [0, 0.1) is 0 Å². The van der Waals surface area contributed by atoms with E-state index in [0.717, 1.165) is 16.5 Å². The van der Waals surface area contributed by atoms with E-state index in [1.807, 2.05) is 54.6 Å². The van der Waals surface area contributed by atoms with E-state index in [4.69, 9.17) is 4.74 Å². The van der Waals surface area contributed by atoms with E-state index in [1.165, 1.54) is 13.0 Å². The van der Waals surface area contributed by atoms with Crippen LogP contribution < -0.4 is 5.32 Å². The normalized spacial score (nSPS) is 12.0. The zero-order valence-electron chi connectivity index (χ0n) is 15.3. The third-order valence-electron chi connectivity index (χ3n) is 4.17. The molecule has 6 heteroatoms. The summed E-state index contributed by atoms with van der Waals surface area (Å²) >= 11 is 0. The summed E-state index contributed by atoms with van der Waals surface area (Å²) in [5, 5.41) is 3.22. The average Bonchev–Trinajstić information content (AvgIpc) is 3.15. The van der Waals surface area contributed by atoms with Gasteiger partial charge in [0.15, 0.2) is 6.10 Å². The van der Waals surface area contributed by atoms with Gasteiger partial charge in [0.05, 0.1) is 0 Å². The second kappa shape index (κ2) is 8.81. The van der Waals surface area contributed by atoms with Crippen LogP contribution in [0.5, 0.6) is 0 Å². The van der Waals surface area contributed by atoms with Gasteiger partial charge in [-0.3, -0.25) is 14.4 Å². The highest BCUT2D eigenvalue weighted by atomic mass is 16.5. The molecule has 1 atom stereocenters. The van der Waals surface area contributed by atoms with Crippen molar-refractivity contribution in [2.45, 2.75) is 13.0 Å². The smallest absolute Gasteiger partial charge is 0.326 e. The molecule has 0 radical (unpaired) electrons. The van der Waals surface area contributed by atoms with E-state index < -0.39 is 18.0 Å². The quantitative estimate of drug-likeness (QED) is 0.377. The largest absolute Gasteiger partial charge is 0.453 e. The van der Waals surface area contributed by atoms with Gasteiger partial charge in [-0.1, -0.05) is 48.5 Å². The molecule has 3 rings (SSSR count). The summed E-state index contributed by atoms with van der Waals surface area (Å²) in [5.74, 6) is -1.40. The summed E-state index contributed by atoms with van der Waals surface area (Å²) in [6, 6.07) is 16.7. The van der Waals surface area contributed by atoms with Gasteiger partial charge in [0.1, 0.15) is 6.54 Å². The van der Waals surface area contributed by atoms with Crippen LogP contribution in [-0.2, 0) is 14.3 Å². The van der Waals surface area contributed by atoms with Crippen molar-refractivity contribution in [3.05, 3.63) is 78.0 Å². The minimum Gasteiger partial charge on any atom is -0.453 e. The van der Waals surface area contributed by atoms with Crippen molar-refractivity contribution >= 4 is 34.6 Å². The van der Waals surface area contributed by atoms with Gasteiger partial charge in [-0.05, 0) is 24.6 Å². The van der Waals surface area contributed by atoms with Crippen molar-refractivity contribution in [3.63, 3.8) is 0 Å². The Morgan fingerprint density at radius 1 is 1.07 bits per heavy atom. The first-order valence-electron chi connectivity index (χ1n) is 8.85. The van der Waals surface area contributed by atoms with Gasteiger partial charge in [-0.15, -0.1) is 0 Å². The van der Waals surface area contributed by atoms with Crippen LogP contribution in [0.2, 0.25) is 0 Å². The molecule has 0 saturated heterocycles. The molecule has 6 nitrogen and oxygen atoms in total. The number of Topliss-reactive ketones (excluding diaryl/α,β-unsaturated/α-hetero) is 1. The van der Waals surface area contributed by atoms with Crippen molar-refractivity contribution in [3.8, 4) is 0 Å². The molecule has 0 saturated carbocycles. The van der Waals surface area contributed by atoms with Crippen LogP contribution in [0.3, 0.4) is 0 Å². The summed E-state index contributed by atoms with van der Waals surface area (Å²) in [5.41, 5.74) is 2.17. The Morgan fingerprint density at radius 3 is 2.57 bits per heavy atom. The van der Waals surface area contributed by atoms with Crippen molar-refractivity contribution in [1.82, 2.24) is 10.3 Å². The van der Waals surface area contributed by atoms with Crippen LogP contribution >= 0.6 is 0 Å². The van der Waals surface area contributed by atoms with Crippen LogP contribution in [0.4, 0.5) is 0 Å². The molecule has 2 N–H and O–H groups in total. The molecule has 0 bridgehead atoms. The summed E-state index contributed by atoms with van der Waals surface area (Å²) in [6.45, 7) is 1.20. The molecule has 0 unspecified atom stereocenters. The number of aromatic amines is 1. The molecule has 28 heavy (non-hydrogen) atoms. The molecule has 0 aliphatic heterocycles. The number of rotatable bonds is 7. The highest BCUT2D eigenvalue weighted by molar-refractivity contribution is 6.10. The third kappa shape index (κ3) is 4.73. The number of hydrogen-bond donors (Lipinski definition) is 2. The molecule has 1 heterocycles. The van der Waals surface area contributed by atoms with E-state index in [2.05, 4.69) is 10.3 Å². The lowest BCUT2D eigenvalue weighted by atomic mass is 10.1. The van der Waals surface area contributed by atoms with Gasteiger partial charge in [-0.2, -0.15) is 0 Å². The number of amides is 1. The van der Waals surface area contributed by atoms with E-state index >= 15 is 0 Å². The number of aromatic nitrogens is 1. The van der Waals surface area contributed by atoms with Gasteiger partial charge in [0, 0.05) is 28.7 Å². The summed E-state index contributed by atoms with van der Waals surface area (Å²) in [4.78, 5) is 39.3. The van der Waals surface area contributed by atoms with Crippen LogP contribution in [0.15, 0.2) is 66.9 Å². The average molecular weight is 376 g/mol. The Bertz CT molecular complexity index is 1020. The number of carbonyl (C=O) groups is 3. The first kappa shape index (κ1) is 19.1. The number of ketones is 1. The minimum absolute atomic E-state index is 0.305. The molecule has 0 aliphatic carbocycles. The van der Waals surface area contributed by atoms with Gasteiger partial charge in [0.2, 0.25) is 11.7 Å². The van der Waals surface area contributed by atoms with Gasteiger partial charge >= 0.3 is 5.97 Å². The third-order valence-corrected chi connectivity index (χ3v) is 4.17. The van der Waals surface area contributed by atoms with E-state index in [0.29, 0.717) is 5.56 Å². The number of H-pyrrole nitrogens is 1. The number of nitrogens with one attached hydrogen (secondary N) is 2. The fourth-order valence-corrected chi connectivity index (χ4v) is 2.74. The molecule has 1 aromatic heterocycles. The molecule has 0 aliphatic rings. The van der Waals surface area contributed by atoms with Crippen molar-refractivity contribution in [2.75, 3.05) is 6.54 Å². The van der Waals surface area contributed by atoms with E-state index in [1.54, 1.807) is 12.3 Å². The maximum atomic E-state index is 12.6. The van der Waals surface area contributed by atoms with Crippen LogP contribution in [0.1, 0.15) is 22.8 Å². The lowest BCUT2D eigenvalue weighted by Crippen LogP contribution is -2.33. The van der Waals surface area contributed by atoms with Gasteiger partial charge < -0.3 is 15.0 Å². The molecule has 0 fully saturated rings. The number of esters is 1. The first-order chi connectivity index (χ1) is 13.5. The Labute approximate surface area is 162 Å². The fraction of sp³-hybridized carbons (Fsp3) is 0.136. The molecule has 1 amide bonds. The number of hydrogen-bond acceptors (Lipinski definition) is 4. The van der Waals surface area contributed by atoms with Gasteiger partial charge in [0.25, 0.3) is 0 Å². The minimum atomic E-state index is -0.955. The number of ether oxygens (including phenoxy) is 1. The zero-order chi connectivity index (χ0) is 19.9. The van der Waals surface area contributed by atoms with Crippen molar-refractivity contribution in [2.24, 2.45) is 0 Å². The van der Waals surface area contributed by atoms with E-state index in [9.17, 15) is 14.4 Å². The van der Waals surface area contributed by atoms with Crippen LogP contribution in [-0.4, -0.2) is 35.3 Å². The summed E-state index contributed by atoms with van der Waals surface area (Å²) in [6.07, 6.45) is 3.63. The molecule has 142 valence electrons. The predicted molar refractivity (Wildman–Crippen MR) is 107 cm³/mol. The zero-order valence-corrected chi connectivity index (χ0v) is 15.3. The fourth-order valence-electron chi connectivity index (χ4n) is 2.74. The number of fused-ring (bicyclic) bond motifs is 1. The summed E-state index contributed by atoms with van der Waals surface area (Å²) < 4.78 is 5.16. The monoisotopic (exact) mass is 376 g/mol. The highest BCUT2D eigenvalue weighted by Crippen LogP contribution is 2.19. The molecule has 2 aromatic carbocycles. The summed E-state index contributed by atoms with van der Waals surface area (Å²) in [7, 11) is 0. The van der Waals surface area contributed by atoms with Gasteiger partial charge in [-0.25, -0.2) is 0 Å². The Morgan fingerprint density at radius 2 is 1.79 bits per heavy atom. The standard InChI is InChI=1S/C22H20N2O4/c1-15(22(27)18-13-23-19-10-6-5-9-17(18)19)28-21(26)14-24-20(25)12-11-16-7-3-2-4-8-16/h2-13,15,23H,14H2,1H3,(H,24,25)/b12-11+/t15-/m0/s1. The maximum absolute atomic E-state index is 12.6. The molecule has 0 spiro atoms. The SMILES string of the molecule is C[C@H](OC(=O)CNC(=O)/C=C/c1ccccc1)C(=O)c1c[nH]c2ccccc12. The Hall–Kier alpha value is -3.67. The molecule has 3 aromatic rings. The number of para-hydroxylation sites is 1. The van der Waals surface area contributed by atoms with Crippen LogP contribution in [0.25, 0.3) is 17.0 Å². The number of benzene rings is 2. The Balaban J connectivity index is 1.51. The second-order valence-corrected chi connectivity index (χ2v) is 6.21.